The number of carbonyl (C=O) groups excluding carboxylic acids is 4. The third-order valence-corrected chi connectivity index (χ3v) is 5.63. The Morgan fingerprint density at radius 3 is 2.32 bits per heavy atom. The Morgan fingerprint density at radius 1 is 1.03 bits per heavy atom. The Hall–Kier alpha value is -3.68. The van der Waals surface area contributed by atoms with Crippen molar-refractivity contribution in [1.82, 2.24) is 20.4 Å². The zero-order valence-electron chi connectivity index (χ0n) is 18.1. The molecule has 31 heavy (non-hydrogen) atoms. The molecule has 2 aromatic rings. The summed E-state index contributed by atoms with van der Waals surface area (Å²) in [5.41, 5.74) is 1.83. The van der Waals surface area contributed by atoms with E-state index in [1.54, 1.807) is 24.3 Å². The zero-order valence-corrected chi connectivity index (χ0v) is 18.1. The number of carbonyl (C=O) groups is 4. The van der Waals surface area contributed by atoms with Gasteiger partial charge in [0.05, 0.1) is 6.54 Å². The molecule has 1 aliphatic heterocycles. The first kappa shape index (κ1) is 22.0. The smallest absolute Gasteiger partial charge is 0.326 e. The maximum absolute atomic E-state index is 13.7. The standard InChI is InChI=1S/C23H26N4O4/c1-15-10-11-18(12-16(15)2)23(17-8-6-5-7-9-17)21(30)27(22(31)25-23)14-20(29)26(4)13-19(28)24-3/h5-12H,13-14H2,1-4H3,(H,24,28)(H,25,31)/t23-/m1/s1. The summed E-state index contributed by atoms with van der Waals surface area (Å²) in [7, 11) is 2.92. The Morgan fingerprint density at radius 2 is 1.71 bits per heavy atom. The summed E-state index contributed by atoms with van der Waals surface area (Å²) in [4.78, 5) is 52.8. The number of nitrogens with one attached hydrogen (secondary N) is 2. The first-order chi connectivity index (χ1) is 14.7. The minimum absolute atomic E-state index is 0.167. The molecule has 0 radical (unpaired) electrons. The summed E-state index contributed by atoms with van der Waals surface area (Å²) in [6, 6.07) is 13.9. The molecule has 0 aliphatic carbocycles. The van der Waals surface area contributed by atoms with Gasteiger partial charge in [0.2, 0.25) is 11.8 Å². The van der Waals surface area contributed by atoms with Crippen LogP contribution in [0.5, 0.6) is 0 Å². The highest BCUT2D eigenvalue weighted by Crippen LogP contribution is 2.36. The van der Waals surface area contributed by atoms with Gasteiger partial charge in [-0.1, -0.05) is 48.5 Å². The van der Waals surface area contributed by atoms with E-state index in [4.69, 9.17) is 0 Å². The van der Waals surface area contributed by atoms with Crippen LogP contribution in [0.15, 0.2) is 48.5 Å². The van der Waals surface area contributed by atoms with E-state index in [-0.39, 0.29) is 12.5 Å². The molecule has 2 N–H and O–H groups in total. The molecule has 0 saturated carbocycles. The number of aryl methyl sites for hydroxylation is 2. The van der Waals surface area contributed by atoms with Crippen molar-refractivity contribution in [2.45, 2.75) is 19.4 Å². The van der Waals surface area contributed by atoms with Gasteiger partial charge < -0.3 is 15.5 Å². The van der Waals surface area contributed by atoms with Crippen molar-refractivity contribution in [2.24, 2.45) is 0 Å². The number of hydrogen-bond acceptors (Lipinski definition) is 4. The Balaban J connectivity index is 1.99. The molecule has 0 spiro atoms. The summed E-state index contributed by atoms with van der Waals surface area (Å²) in [6.45, 7) is 3.28. The summed E-state index contributed by atoms with van der Waals surface area (Å²) in [5.74, 6) is -1.40. The second-order valence-electron chi connectivity index (χ2n) is 7.66. The van der Waals surface area contributed by atoms with Gasteiger partial charge in [-0.15, -0.1) is 0 Å². The molecular formula is C23H26N4O4. The topological polar surface area (TPSA) is 98.8 Å². The minimum atomic E-state index is -1.43. The maximum Gasteiger partial charge on any atom is 0.326 e. The molecule has 1 fully saturated rings. The van der Waals surface area contributed by atoms with E-state index in [0.29, 0.717) is 11.1 Å². The van der Waals surface area contributed by atoms with E-state index in [1.807, 2.05) is 38.1 Å². The molecule has 5 amide bonds. The first-order valence-corrected chi connectivity index (χ1v) is 9.92. The van der Waals surface area contributed by atoms with Gasteiger partial charge in [0.25, 0.3) is 5.91 Å². The molecule has 2 aromatic carbocycles. The fourth-order valence-corrected chi connectivity index (χ4v) is 3.58. The van der Waals surface area contributed by atoms with E-state index in [2.05, 4.69) is 10.6 Å². The van der Waals surface area contributed by atoms with E-state index in [1.165, 1.54) is 19.0 Å². The van der Waals surface area contributed by atoms with Crippen LogP contribution in [0.4, 0.5) is 4.79 Å². The van der Waals surface area contributed by atoms with Gasteiger partial charge in [0.15, 0.2) is 5.54 Å². The molecule has 1 aliphatic rings. The number of likely N-dealkylation sites (N-methyl/N-ethyl adjacent to an activating group) is 2. The Labute approximate surface area is 181 Å². The van der Waals surface area contributed by atoms with Gasteiger partial charge in [0, 0.05) is 14.1 Å². The molecule has 0 aromatic heterocycles. The first-order valence-electron chi connectivity index (χ1n) is 9.92. The van der Waals surface area contributed by atoms with Crippen molar-refractivity contribution < 1.29 is 19.2 Å². The second-order valence-corrected chi connectivity index (χ2v) is 7.66. The van der Waals surface area contributed by atoms with E-state index in [0.717, 1.165) is 16.0 Å². The lowest BCUT2D eigenvalue weighted by Crippen LogP contribution is -2.47. The Bertz CT molecular complexity index is 1040. The summed E-state index contributed by atoms with van der Waals surface area (Å²) in [6.07, 6.45) is 0. The highest BCUT2D eigenvalue weighted by Gasteiger charge is 2.54. The molecule has 1 atom stereocenters. The van der Waals surface area contributed by atoms with Gasteiger partial charge in [-0.2, -0.15) is 0 Å². The predicted octanol–water partition coefficient (Wildman–Crippen LogP) is 1.30. The fourth-order valence-electron chi connectivity index (χ4n) is 3.58. The molecule has 1 heterocycles. The lowest BCUT2D eigenvalue weighted by Gasteiger charge is -2.28. The van der Waals surface area contributed by atoms with Gasteiger partial charge in [-0.05, 0) is 36.1 Å². The molecule has 0 unspecified atom stereocenters. The Kier molecular flexibility index (Phi) is 6.10. The van der Waals surface area contributed by atoms with E-state index < -0.39 is 29.9 Å². The number of imide groups is 1. The number of benzene rings is 2. The number of hydrogen-bond donors (Lipinski definition) is 2. The van der Waals surface area contributed by atoms with Crippen LogP contribution in [0.2, 0.25) is 0 Å². The van der Waals surface area contributed by atoms with Crippen LogP contribution in [-0.2, 0) is 19.9 Å². The van der Waals surface area contributed by atoms with Crippen LogP contribution in [-0.4, -0.2) is 60.7 Å². The van der Waals surface area contributed by atoms with Gasteiger partial charge >= 0.3 is 6.03 Å². The number of nitrogens with zero attached hydrogens (tertiary/aromatic N) is 2. The summed E-state index contributed by atoms with van der Waals surface area (Å²) < 4.78 is 0. The maximum atomic E-state index is 13.7. The van der Waals surface area contributed by atoms with Crippen molar-refractivity contribution >= 4 is 23.8 Å². The van der Waals surface area contributed by atoms with E-state index >= 15 is 0 Å². The monoisotopic (exact) mass is 422 g/mol. The molecule has 3 rings (SSSR count). The largest absolute Gasteiger partial charge is 0.358 e. The fraction of sp³-hybridized carbons (Fsp3) is 0.304. The number of rotatable bonds is 6. The second kappa shape index (κ2) is 8.59. The van der Waals surface area contributed by atoms with Crippen LogP contribution in [0.3, 0.4) is 0 Å². The normalized spacial score (nSPS) is 18.0. The van der Waals surface area contributed by atoms with Crippen molar-refractivity contribution in [1.29, 1.82) is 0 Å². The molecular weight excluding hydrogens is 396 g/mol. The van der Waals surface area contributed by atoms with Crippen molar-refractivity contribution in [3.8, 4) is 0 Å². The van der Waals surface area contributed by atoms with Crippen molar-refractivity contribution in [3.05, 3.63) is 70.8 Å². The van der Waals surface area contributed by atoms with Crippen LogP contribution >= 0.6 is 0 Å². The summed E-state index contributed by atoms with van der Waals surface area (Å²) >= 11 is 0. The van der Waals surface area contributed by atoms with Gasteiger partial charge in [0.1, 0.15) is 6.54 Å². The molecule has 1 saturated heterocycles. The van der Waals surface area contributed by atoms with Gasteiger partial charge in [-0.3, -0.25) is 19.3 Å². The molecule has 8 heteroatoms. The molecule has 8 nitrogen and oxygen atoms in total. The van der Waals surface area contributed by atoms with Crippen LogP contribution < -0.4 is 10.6 Å². The van der Waals surface area contributed by atoms with Crippen LogP contribution in [0, 0.1) is 13.8 Å². The van der Waals surface area contributed by atoms with E-state index in [9.17, 15) is 19.2 Å². The number of amides is 5. The van der Waals surface area contributed by atoms with Crippen molar-refractivity contribution in [3.63, 3.8) is 0 Å². The average molecular weight is 422 g/mol. The average Bonchev–Trinajstić information content (AvgIpc) is 3.01. The predicted molar refractivity (Wildman–Crippen MR) is 115 cm³/mol. The van der Waals surface area contributed by atoms with Gasteiger partial charge in [-0.25, -0.2) is 4.79 Å². The number of urea groups is 1. The van der Waals surface area contributed by atoms with Crippen LogP contribution in [0.1, 0.15) is 22.3 Å². The third-order valence-electron chi connectivity index (χ3n) is 5.63. The highest BCUT2D eigenvalue weighted by atomic mass is 16.2. The van der Waals surface area contributed by atoms with Crippen LogP contribution in [0.25, 0.3) is 0 Å². The molecule has 162 valence electrons. The SMILES string of the molecule is CNC(=O)CN(C)C(=O)CN1C(=O)N[C@](c2ccccc2)(c2ccc(C)c(C)c2)C1=O. The lowest BCUT2D eigenvalue weighted by atomic mass is 9.81. The quantitative estimate of drug-likeness (QED) is 0.686. The molecule has 0 bridgehead atoms. The summed E-state index contributed by atoms with van der Waals surface area (Å²) in [5, 5.41) is 5.27. The third kappa shape index (κ3) is 4.01. The minimum Gasteiger partial charge on any atom is -0.358 e. The zero-order chi connectivity index (χ0) is 22.8. The van der Waals surface area contributed by atoms with Crippen molar-refractivity contribution in [2.75, 3.05) is 27.2 Å². The highest BCUT2D eigenvalue weighted by molar-refractivity contribution is 6.11. The lowest BCUT2D eigenvalue weighted by molar-refractivity contribution is -0.139.